The molecular weight excluding hydrogens is 276 g/mol. The predicted molar refractivity (Wildman–Crippen MR) is 75.0 cm³/mol. The summed E-state index contributed by atoms with van der Waals surface area (Å²) in [5.41, 5.74) is 2.71. The number of allylic oxidation sites excluding steroid dienone is 1. The number of benzene rings is 1. The Morgan fingerprint density at radius 2 is 1.94 bits per heavy atom. The summed E-state index contributed by atoms with van der Waals surface area (Å²) in [5, 5.41) is 0. The maximum atomic E-state index is 6.13. The van der Waals surface area contributed by atoms with Crippen molar-refractivity contribution in [3.8, 4) is 0 Å². The molecule has 2 heteroatoms. The van der Waals surface area contributed by atoms with E-state index in [4.69, 9.17) is 4.74 Å². The molecule has 92 valence electrons. The van der Waals surface area contributed by atoms with Gasteiger partial charge < -0.3 is 4.74 Å². The molecule has 0 fully saturated rings. The van der Waals surface area contributed by atoms with Crippen LogP contribution in [0.4, 0.5) is 0 Å². The van der Waals surface area contributed by atoms with Crippen molar-refractivity contribution in [2.75, 3.05) is 0 Å². The first-order valence-electron chi connectivity index (χ1n) is 6.21. The Balaban J connectivity index is 2.19. The van der Waals surface area contributed by atoms with Gasteiger partial charge >= 0.3 is 0 Å². The van der Waals surface area contributed by atoms with E-state index in [9.17, 15) is 0 Å². The SMILES string of the molecule is C/C1=C/CC[C@H](C)O[C@H](c2ccc(Br)cc2)C1. The van der Waals surface area contributed by atoms with Crippen LogP contribution in [0.3, 0.4) is 0 Å². The maximum Gasteiger partial charge on any atom is 0.0865 e. The Morgan fingerprint density at radius 1 is 1.24 bits per heavy atom. The second kappa shape index (κ2) is 5.83. The third-order valence-corrected chi connectivity index (χ3v) is 3.74. The van der Waals surface area contributed by atoms with Gasteiger partial charge in [-0.2, -0.15) is 0 Å². The van der Waals surface area contributed by atoms with Crippen LogP contribution in [0.5, 0.6) is 0 Å². The molecule has 1 aromatic rings. The summed E-state index contributed by atoms with van der Waals surface area (Å²) < 4.78 is 7.25. The van der Waals surface area contributed by atoms with Crippen molar-refractivity contribution in [2.24, 2.45) is 0 Å². The Bertz CT molecular complexity index is 394. The molecule has 2 rings (SSSR count). The molecule has 1 heterocycles. The van der Waals surface area contributed by atoms with Gasteiger partial charge in [0.25, 0.3) is 0 Å². The molecule has 0 bridgehead atoms. The van der Waals surface area contributed by atoms with Crippen LogP contribution in [0.15, 0.2) is 40.4 Å². The summed E-state index contributed by atoms with van der Waals surface area (Å²) in [6, 6.07) is 8.47. The van der Waals surface area contributed by atoms with Crippen molar-refractivity contribution in [3.63, 3.8) is 0 Å². The lowest BCUT2D eigenvalue weighted by molar-refractivity contribution is -0.00900. The van der Waals surface area contributed by atoms with Crippen LogP contribution >= 0.6 is 15.9 Å². The lowest BCUT2D eigenvalue weighted by Crippen LogP contribution is -2.15. The van der Waals surface area contributed by atoms with Gasteiger partial charge in [-0.25, -0.2) is 0 Å². The molecule has 0 saturated heterocycles. The highest BCUT2D eigenvalue weighted by Gasteiger charge is 2.17. The summed E-state index contributed by atoms with van der Waals surface area (Å²) in [6.45, 7) is 4.37. The topological polar surface area (TPSA) is 9.23 Å². The quantitative estimate of drug-likeness (QED) is 0.661. The van der Waals surface area contributed by atoms with Crippen LogP contribution in [0.1, 0.15) is 44.8 Å². The molecule has 0 aliphatic carbocycles. The molecule has 2 atom stereocenters. The second-order valence-electron chi connectivity index (χ2n) is 4.82. The van der Waals surface area contributed by atoms with Gasteiger partial charge in [-0.05, 0) is 50.8 Å². The Hall–Kier alpha value is -0.600. The minimum atomic E-state index is 0.203. The lowest BCUT2D eigenvalue weighted by Gasteiger charge is -2.25. The number of hydrogen-bond acceptors (Lipinski definition) is 1. The van der Waals surface area contributed by atoms with Gasteiger partial charge in [0.15, 0.2) is 0 Å². The minimum absolute atomic E-state index is 0.203. The van der Waals surface area contributed by atoms with Crippen molar-refractivity contribution >= 4 is 15.9 Å². The predicted octanol–water partition coefficient (Wildman–Crippen LogP) is 5.03. The fourth-order valence-corrected chi connectivity index (χ4v) is 2.47. The summed E-state index contributed by atoms with van der Waals surface area (Å²) in [5.74, 6) is 0. The number of halogens is 1. The number of ether oxygens (including phenoxy) is 1. The van der Waals surface area contributed by atoms with Crippen LogP contribution in [0.2, 0.25) is 0 Å². The highest BCUT2D eigenvalue weighted by molar-refractivity contribution is 9.10. The van der Waals surface area contributed by atoms with E-state index in [-0.39, 0.29) is 6.10 Å². The van der Waals surface area contributed by atoms with Crippen molar-refractivity contribution in [1.29, 1.82) is 0 Å². The van der Waals surface area contributed by atoms with Crippen LogP contribution in [0.25, 0.3) is 0 Å². The maximum absolute atomic E-state index is 6.13. The number of rotatable bonds is 1. The highest BCUT2D eigenvalue weighted by Crippen LogP contribution is 2.30. The Labute approximate surface area is 112 Å². The van der Waals surface area contributed by atoms with Crippen LogP contribution < -0.4 is 0 Å². The number of hydrogen-bond donors (Lipinski definition) is 0. The molecule has 0 saturated carbocycles. The normalized spacial score (nSPS) is 29.0. The molecule has 0 N–H and O–H groups in total. The van der Waals surface area contributed by atoms with Gasteiger partial charge in [0.1, 0.15) is 0 Å². The molecule has 1 aliphatic heterocycles. The summed E-state index contributed by atoms with van der Waals surface area (Å²) in [6.07, 6.45) is 6.16. The van der Waals surface area contributed by atoms with Crippen molar-refractivity contribution < 1.29 is 4.74 Å². The lowest BCUT2D eigenvalue weighted by atomic mass is 9.99. The van der Waals surface area contributed by atoms with Crippen LogP contribution in [0, 0.1) is 0 Å². The largest absolute Gasteiger partial charge is 0.370 e. The van der Waals surface area contributed by atoms with Crippen molar-refractivity contribution in [2.45, 2.75) is 45.3 Å². The minimum Gasteiger partial charge on any atom is -0.370 e. The first-order valence-corrected chi connectivity index (χ1v) is 7.01. The second-order valence-corrected chi connectivity index (χ2v) is 5.73. The van der Waals surface area contributed by atoms with Gasteiger partial charge in [-0.3, -0.25) is 0 Å². The molecule has 1 nitrogen and oxygen atoms in total. The summed E-state index contributed by atoms with van der Waals surface area (Å²) in [4.78, 5) is 0. The van der Waals surface area contributed by atoms with E-state index in [1.54, 1.807) is 0 Å². The van der Waals surface area contributed by atoms with Gasteiger partial charge in [-0.15, -0.1) is 0 Å². The van der Waals surface area contributed by atoms with E-state index in [2.05, 4.69) is 60.1 Å². The van der Waals surface area contributed by atoms with Crippen molar-refractivity contribution in [1.82, 2.24) is 0 Å². The third kappa shape index (κ3) is 3.68. The van der Waals surface area contributed by atoms with Gasteiger partial charge in [-0.1, -0.05) is 39.7 Å². The van der Waals surface area contributed by atoms with Crippen LogP contribution in [-0.2, 0) is 4.74 Å². The van der Waals surface area contributed by atoms with E-state index in [0.29, 0.717) is 6.10 Å². The van der Waals surface area contributed by atoms with Gasteiger partial charge in [0, 0.05) is 4.47 Å². The first-order chi connectivity index (χ1) is 8.15. The molecular formula is C15H19BrO. The Morgan fingerprint density at radius 3 is 2.65 bits per heavy atom. The molecule has 0 spiro atoms. The molecule has 17 heavy (non-hydrogen) atoms. The molecule has 1 aliphatic rings. The fourth-order valence-electron chi connectivity index (χ4n) is 2.21. The van der Waals surface area contributed by atoms with Gasteiger partial charge in [0.05, 0.1) is 12.2 Å². The molecule has 0 radical (unpaired) electrons. The van der Waals surface area contributed by atoms with E-state index >= 15 is 0 Å². The van der Waals surface area contributed by atoms with E-state index < -0.39 is 0 Å². The molecule has 0 amide bonds. The van der Waals surface area contributed by atoms with E-state index in [1.165, 1.54) is 11.1 Å². The van der Waals surface area contributed by atoms with E-state index in [0.717, 1.165) is 23.7 Å². The fraction of sp³-hybridized carbons (Fsp3) is 0.467. The smallest absolute Gasteiger partial charge is 0.0865 e. The van der Waals surface area contributed by atoms with Crippen molar-refractivity contribution in [3.05, 3.63) is 46.0 Å². The van der Waals surface area contributed by atoms with Gasteiger partial charge in [0.2, 0.25) is 0 Å². The summed E-state index contributed by atoms with van der Waals surface area (Å²) >= 11 is 3.47. The molecule has 1 aromatic carbocycles. The summed E-state index contributed by atoms with van der Waals surface area (Å²) in [7, 11) is 0. The standard InChI is InChI=1S/C15H19BrO/c1-11-4-3-5-12(2)17-15(10-11)13-6-8-14(16)9-7-13/h4,6-9,12,15H,3,5,10H2,1-2H3/b11-4-/t12-,15-/m0/s1. The average molecular weight is 295 g/mol. The zero-order valence-corrected chi connectivity index (χ0v) is 12.0. The third-order valence-electron chi connectivity index (χ3n) is 3.21. The van der Waals surface area contributed by atoms with E-state index in [1.807, 2.05) is 0 Å². The zero-order chi connectivity index (χ0) is 12.3. The molecule has 0 aromatic heterocycles. The zero-order valence-electron chi connectivity index (χ0n) is 10.4. The highest BCUT2D eigenvalue weighted by atomic mass is 79.9. The average Bonchev–Trinajstić information content (AvgIpc) is 2.27. The monoisotopic (exact) mass is 294 g/mol. The molecule has 0 unspecified atom stereocenters. The van der Waals surface area contributed by atoms with Crippen LogP contribution in [-0.4, -0.2) is 6.10 Å². The Kier molecular flexibility index (Phi) is 4.41. The first kappa shape index (κ1) is 12.8.